The van der Waals surface area contributed by atoms with Gasteiger partial charge in [-0.25, -0.2) is 0 Å². The molecule has 96 valence electrons. The molecule has 0 aliphatic rings. The Morgan fingerprint density at radius 2 is 1.88 bits per heavy atom. The number of para-hydroxylation sites is 1. The Hall–Kier alpha value is -1.06. The predicted octanol–water partition coefficient (Wildman–Crippen LogP) is 2.77. The average Bonchev–Trinajstić information content (AvgIpc) is 2.36. The Balaban J connectivity index is 2.67. The average molecular weight is 237 g/mol. The van der Waals surface area contributed by atoms with Gasteiger partial charge in [0.2, 0.25) is 0 Å². The van der Waals surface area contributed by atoms with E-state index in [2.05, 4.69) is 32.2 Å². The number of nitrogens with one attached hydrogen (secondary N) is 1. The second-order valence-electron chi connectivity index (χ2n) is 4.81. The summed E-state index contributed by atoms with van der Waals surface area (Å²) in [7, 11) is 3.43. The molecule has 17 heavy (non-hydrogen) atoms. The Labute approximate surface area is 104 Å². The molecule has 0 heterocycles. The zero-order valence-corrected chi connectivity index (χ0v) is 11.4. The second kappa shape index (κ2) is 6.03. The van der Waals surface area contributed by atoms with Crippen LogP contribution in [0.2, 0.25) is 0 Å². The number of methoxy groups -OCH3 is 2. The molecule has 0 saturated carbocycles. The molecule has 0 spiro atoms. The molecule has 0 aliphatic carbocycles. The third-order valence-electron chi connectivity index (χ3n) is 2.99. The van der Waals surface area contributed by atoms with Crippen LogP contribution in [-0.4, -0.2) is 26.4 Å². The predicted molar refractivity (Wildman–Crippen MR) is 70.5 cm³/mol. The molecule has 1 aromatic rings. The fourth-order valence-corrected chi connectivity index (χ4v) is 1.61. The highest BCUT2D eigenvalue weighted by Gasteiger charge is 2.18. The van der Waals surface area contributed by atoms with E-state index in [0.717, 1.165) is 12.3 Å². The molecule has 0 amide bonds. The summed E-state index contributed by atoms with van der Waals surface area (Å²) in [4.78, 5) is 0. The SMILES string of the molecule is COc1ccccc1C(C)NCC(C)(C)OC. The molecule has 0 aliphatic heterocycles. The minimum Gasteiger partial charge on any atom is -0.496 e. The number of benzene rings is 1. The van der Waals surface area contributed by atoms with Crippen LogP contribution in [0, 0.1) is 0 Å². The van der Waals surface area contributed by atoms with E-state index in [9.17, 15) is 0 Å². The molecule has 0 aromatic heterocycles. The second-order valence-corrected chi connectivity index (χ2v) is 4.81. The van der Waals surface area contributed by atoms with E-state index >= 15 is 0 Å². The third kappa shape index (κ3) is 4.02. The minimum absolute atomic E-state index is 0.156. The summed E-state index contributed by atoms with van der Waals surface area (Å²) in [5.41, 5.74) is 1.01. The van der Waals surface area contributed by atoms with Crippen LogP contribution >= 0.6 is 0 Å². The molecule has 1 aromatic carbocycles. The molecule has 1 unspecified atom stereocenters. The highest BCUT2D eigenvalue weighted by molar-refractivity contribution is 5.35. The van der Waals surface area contributed by atoms with Crippen molar-refractivity contribution in [1.29, 1.82) is 0 Å². The standard InChI is InChI=1S/C14H23NO2/c1-11(15-10-14(2,3)17-5)12-8-6-7-9-13(12)16-4/h6-9,11,15H,10H2,1-5H3. The van der Waals surface area contributed by atoms with E-state index in [0.29, 0.717) is 0 Å². The number of hydrogen-bond donors (Lipinski definition) is 1. The van der Waals surface area contributed by atoms with Gasteiger partial charge in [0, 0.05) is 25.3 Å². The lowest BCUT2D eigenvalue weighted by atomic mass is 10.1. The zero-order chi connectivity index (χ0) is 12.9. The van der Waals surface area contributed by atoms with Crippen molar-refractivity contribution >= 4 is 0 Å². The van der Waals surface area contributed by atoms with Crippen LogP contribution in [0.3, 0.4) is 0 Å². The van der Waals surface area contributed by atoms with Gasteiger partial charge in [-0.1, -0.05) is 18.2 Å². The van der Waals surface area contributed by atoms with Crippen LogP contribution in [-0.2, 0) is 4.74 Å². The lowest BCUT2D eigenvalue weighted by molar-refractivity contribution is 0.0214. The maximum Gasteiger partial charge on any atom is 0.123 e. The van der Waals surface area contributed by atoms with Crippen molar-refractivity contribution in [3.05, 3.63) is 29.8 Å². The van der Waals surface area contributed by atoms with Gasteiger partial charge in [0.1, 0.15) is 5.75 Å². The summed E-state index contributed by atoms with van der Waals surface area (Å²) in [5.74, 6) is 0.919. The Bertz CT molecular complexity index is 350. The Kier molecular flexibility index (Phi) is 4.97. The normalized spacial score (nSPS) is 13.5. The van der Waals surface area contributed by atoms with Crippen LogP contribution in [0.5, 0.6) is 5.75 Å². The quantitative estimate of drug-likeness (QED) is 0.825. The van der Waals surface area contributed by atoms with Gasteiger partial charge in [0.15, 0.2) is 0 Å². The van der Waals surface area contributed by atoms with Gasteiger partial charge in [-0.2, -0.15) is 0 Å². The van der Waals surface area contributed by atoms with Gasteiger partial charge in [-0.05, 0) is 26.8 Å². The first-order valence-electron chi connectivity index (χ1n) is 5.91. The Morgan fingerprint density at radius 3 is 2.47 bits per heavy atom. The fourth-order valence-electron chi connectivity index (χ4n) is 1.61. The molecule has 0 fully saturated rings. The molecule has 0 saturated heterocycles. The van der Waals surface area contributed by atoms with Crippen LogP contribution < -0.4 is 10.1 Å². The van der Waals surface area contributed by atoms with Gasteiger partial charge in [0.25, 0.3) is 0 Å². The molecule has 1 rings (SSSR count). The fraction of sp³-hybridized carbons (Fsp3) is 0.571. The highest BCUT2D eigenvalue weighted by Crippen LogP contribution is 2.24. The summed E-state index contributed by atoms with van der Waals surface area (Å²) in [6.45, 7) is 7.05. The summed E-state index contributed by atoms with van der Waals surface area (Å²) in [6, 6.07) is 8.30. The van der Waals surface area contributed by atoms with Gasteiger partial charge >= 0.3 is 0 Å². The maximum absolute atomic E-state index is 5.39. The van der Waals surface area contributed by atoms with Gasteiger partial charge in [-0.3, -0.25) is 0 Å². The van der Waals surface area contributed by atoms with E-state index < -0.39 is 0 Å². The zero-order valence-electron chi connectivity index (χ0n) is 11.4. The van der Waals surface area contributed by atoms with Crippen molar-refractivity contribution in [3.63, 3.8) is 0 Å². The first-order chi connectivity index (χ1) is 8.00. The van der Waals surface area contributed by atoms with Crippen molar-refractivity contribution in [1.82, 2.24) is 5.32 Å². The number of hydrogen-bond acceptors (Lipinski definition) is 3. The Morgan fingerprint density at radius 1 is 1.24 bits per heavy atom. The van der Waals surface area contributed by atoms with Crippen molar-refractivity contribution < 1.29 is 9.47 Å². The molecule has 0 radical (unpaired) electrons. The van der Waals surface area contributed by atoms with Gasteiger partial charge < -0.3 is 14.8 Å². The minimum atomic E-state index is -0.156. The van der Waals surface area contributed by atoms with Gasteiger partial charge in [-0.15, -0.1) is 0 Å². The molecular weight excluding hydrogens is 214 g/mol. The third-order valence-corrected chi connectivity index (χ3v) is 2.99. The molecule has 1 N–H and O–H groups in total. The van der Waals surface area contributed by atoms with Crippen LogP contribution in [0.4, 0.5) is 0 Å². The summed E-state index contributed by atoms with van der Waals surface area (Å²) < 4.78 is 10.7. The van der Waals surface area contributed by atoms with Crippen LogP contribution in [0.1, 0.15) is 32.4 Å². The smallest absolute Gasteiger partial charge is 0.123 e. The highest BCUT2D eigenvalue weighted by atomic mass is 16.5. The van der Waals surface area contributed by atoms with E-state index in [1.54, 1.807) is 14.2 Å². The van der Waals surface area contributed by atoms with Crippen molar-refractivity contribution in [2.75, 3.05) is 20.8 Å². The summed E-state index contributed by atoms with van der Waals surface area (Å²) in [6.07, 6.45) is 0. The van der Waals surface area contributed by atoms with Crippen molar-refractivity contribution in [3.8, 4) is 5.75 Å². The lowest BCUT2D eigenvalue weighted by Crippen LogP contribution is -2.37. The maximum atomic E-state index is 5.39. The first-order valence-corrected chi connectivity index (χ1v) is 5.91. The molecule has 3 heteroatoms. The first kappa shape index (κ1) is 14.0. The molecule has 0 bridgehead atoms. The van der Waals surface area contributed by atoms with Gasteiger partial charge in [0.05, 0.1) is 12.7 Å². The summed E-state index contributed by atoms with van der Waals surface area (Å²) >= 11 is 0. The summed E-state index contributed by atoms with van der Waals surface area (Å²) in [5, 5.41) is 3.46. The number of rotatable bonds is 6. The van der Waals surface area contributed by atoms with Crippen LogP contribution in [0.25, 0.3) is 0 Å². The van der Waals surface area contributed by atoms with E-state index in [1.807, 2.05) is 18.2 Å². The molecule has 3 nitrogen and oxygen atoms in total. The van der Waals surface area contributed by atoms with E-state index in [4.69, 9.17) is 9.47 Å². The largest absolute Gasteiger partial charge is 0.496 e. The number of ether oxygens (including phenoxy) is 2. The molecule has 1 atom stereocenters. The van der Waals surface area contributed by atoms with Crippen molar-refractivity contribution in [2.45, 2.75) is 32.4 Å². The van der Waals surface area contributed by atoms with E-state index in [-0.39, 0.29) is 11.6 Å². The lowest BCUT2D eigenvalue weighted by Gasteiger charge is -2.26. The van der Waals surface area contributed by atoms with Crippen molar-refractivity contribution in [2.24, 2.45) is 0 Å². The van der Waals surface area contributed by atoms with E-state index in [1.165, 1.54) is 5.56 Å². The topological polar surface area (TPSA) is 30.5 Å². The monoisotopic (exact) mass is 237 g/mol. The van der Waals surface area contributed by atoms with Crippen LogP contribution in [0.15, 0.2) is 24.3 Å². The molecular formula is C14H23NO2.